The Morgan fingerprint density at radius 3 is 2.53 bits per heavy atom. The fourth-order valence-corrected chi connectivity index (χ4v) is 1.73. The molecule has 0 radical (unpaired) electrons. The summed E-state index contributed by atoms with van der Waals surface area (Å²) < 4.78 is 5.71. The van der Waals surface area contributed by atoms with Crippen LogP contribution in [0, 0.1) is 0 Å². The van der Waals surface area contributed by atoms with Gasteiger partial charge in [-0.15, -0.1) is 0 Å². The Morgan fingerprint density at radius 2 is 2.00 bits per heavy atom. The van der Waals surface area contributed by atoms with Crippen LogP contribution >= 0.6 is 0 Å². The Morgan fingerprint density at radius 1 is 1.29 bits per heavy atom. The Kier molecular flexibility index (Phi) is 5.23. The molecule has 1 rings (SSSR count). The van der Waals surface area contributed by atoms with Crippen LogP contribution in [0.3, 0.4) is 0 Å². The zero-order valence-electron chi connectivity index (χ0n) is 11.4. The maximum absolute atomic E-state index is 5.71. The highest BCUT2D eigenvalue weighted by molar-refractivity contribution is 5.33. The van der Waals surface area contributed by atoms with Crippen LogP contribution in [0.1, 0.15) is 39.3 Å². The van der Waals surface area contributed by atoms with Gasteiger partial charge in [-0.05, 0) is 52.4 Å². The van der Waals surface area contributed by atoms with Gasteiger partial charge in [0.15, 0.2) is 0 Å². The van der Waals surface area contributed by atoms with Crippen molar-refractivity contribution < 1.29 is 4.74 Å². The van der Waals surface area contributed by atoms with E-state index < -0.39 is 0 Å². The molecule has 2 nitrogen and oxygen atoms in total. The number of allylic oxidation sites excluding steroid dienone is 1. The van der Waals surface area contributed by atoms with Gasteiger partial charge in [0.05, 0.1) is 12.1 Å². The van der Waals surface area contributed by atoms with Crippen LogP contribution in [0.15, 0.2) is 35.9 Å². The zero-order chi connectivity index (χ0) is 12.8. The molecule has 0 saturated carbocycles. The molecule has 1 aromatic carbocycles. The van der Waals surface area contributed by atoms with Crippen LogP contribution in [0.2, 0.25) is 0 Å². The first kappa shape index (κ1) is 13.8. The third-order valence-corrected chi connectivity index (χ3v) is 2.40. The second-order valence-electron chi connectivity index (χ2n) is 4.75. The largest absolute Gasteiger partial charge is 0.491 e. The van der Waals surface area contributed by atoms with Gasteiger partial charge >= 0.3 is 0 Å². The van der Waals surface area contributed by atoms with Gasteiger partial charge in [0.2, 0.25) is 0 Å². The maximum atomic E-state index is 5.71. The fraction of sp³-hybridized carbons (Fsp3) is 0.467. The molecule has 94 valence electrons. The van der Waals surface area contributed by atoms with E-state index in [-0.39, 0.29) is 12.1 Å². The average molecular weight is 233 g/mol. The number of hydrogen-bond acceptors (Lipinski definition) is 2. The van der Waals surface area contributed by atoms with E-state index in [4.69, 9.17) is 4.74 Å². The number of likely N-dealkylation sites (N-methyl/N-ethyl adjacent to an activating group) is 1. The number of rotatable bonds is 5. The summed E-state index contributed by atoms with van der Waals surface area (Å²) in [6.07, 6.45) is 2.43. The summed E-state index contributed by atoms with van der Waals surface area (Å²) in [5, 5.41) is 3.30. The Bertz CT molecular complexity index is 378. The van der Waals surface area contributed by atoms with E-state index in [1.54, 1.807) is 0 Å². The van der Waals surface area contributed by atoms with Gasteiger partial charge in [0.25, 0.3) is 0 Å². The van der Waals surface area contributed by atoms with E-state index in [0.717, 1.165) is 5.75 Å². The lowest BCUT2D eigenvalue weighted by Crippen LogP contribution is -2.14. The van der Waals surface area contributed by atoms with Crippen molar-refractivity contribution in [1.29, 1.82) is 0 Å². The van der Waals surface area contributed by atoms with E-state index in [2.05, 4.69) is 37.4 Å². The Labute approximate surface area is 105 Å². The minimum Gasteiger partial charge on any atom is -0.491 e. The molecule has 0 amide bonds. The first-order valence-corrected chi connectivity index (χ1v) is 6.12. The molecule has 1 atom stereocenters. The van der Waals surface area contributed by atoms with Gasteiger partial charge in [0, 0.05) is 0 Å². The molecule has 1 unspecified atom stereocenters. The highest BCUT2D eigenvalue weighted by atomic mass is 16.5. The molecule has 0 aliphatic rings. The first-order valence-electron chi connectivity index (χ1n) is 6.12. The molecular formula is C15H23NO. The van der Waals surface area contributed by atoms with E-state index >= 15 is 0 Å². The van der Waals surface area contributed by atoms with Gasteiger partial charge in [-0.1, -0.05) is 23.8 Å². The topological polar surface area (TPSA) is 21.3 Å². The van der Waals surface area contributed by atoms with Crippen molar-refractivity contribution in [1.82, 2.24) is 5.32 Å². The van der Waals surface area contributed by atoms with Crippen molar-refractivity contribution in [3.8, 4) is 5.75 Å². The minimum absolute atomic E-state index is 0.210. The molecule has 17 heavy (non-hydrogen) atoms. The molecule has 2 heteroatoms. The number of hydrogen-bond donors (Lipinski definition) is 1. The van der Waals surface area contributed by atoms with Crippen LogP contribution in [0.5, 0.6) is 5.75 Å². The summed E-state index contributed by atoms with van der Waals surface area (Å²) in [5.41, 5.74) is 2.53. The number of benzene rings is 1. The summed E-state index contributed by atoms with van der Waals surface area (Å²) in [6, 6.07) is 8.50. The molecular weight excluding hydrogens is 210 g/mol. The molecule has 0 saturated heterocycles. The first-order chi connectivity index (χ1) is 8.02. The molecule has 0 bridgehead atoms. The quantitative estimate of drug-likeness (QED) is 0.783. The molecule has 0 heterocycles. The second kappa shape index (κ2) is 6.45. The minimum atomic E-state index is 0.210. The van der Waals surface area contributed by atoms with E-state index in [1.165, 1.54) is 11.1 Å². The summed E-state index contributed by atoms with van der Waals surface area (Å²) in [5.74, 6) is 0.930. The lowest BCUT2D eigenvalue weighted by molar-refractivity contribution is 0.242. The summed E-state index contributed by atoms with van der Waals surface area (Å²) >= 11 is 0. The van der Waals surface area contributed by atoms with E-state index in [9.17, 15) is 0 Å². The predicted molar refractivity (Wildman–Crippen MR) is 73.4 cm³/mol. The molecule has 1 aromatic rings. The fourth-order valence-electron chi connectivity index (χ4n) is 1.73. The van der Waals surface area contributed by atoms with Gasteiger partial charge in [-0.2, -0.15) is 0 Å². The van der Waals surface area contributed by atoms with Crippen LogP contribution in [0.25, 0.3) is 0 Å². The maximum Gasteiger partial charge on any atom is 0.120 e. The van der Waals surface area contributed by atoms with Gasteiger partial charge < -0.3 is 10.1 Å². The molecule has 0 aliphatic carbocycles. The van der Waals surface area contributed by atoms with Crippen molar-refractivity contribution in [2.75, 3.05) is 7.05 Å². The van der Waals surface area contributed by atoms with Crippen LogP contribution < -0.4 is 10.1 Å². The lowest BCUT2D eigenvalue weighted by atomic mass is 10.0. The molecule has 0 aliphatic heterocycles. The van der Waals surface area contributed by atoms with Gasteiger partial charge in [0.1, 0.15) is 5.75 Å². The average Bonchev–Trinajstić information content (AvgIpc) is 2.25. The second-order valence-corrected chi connectivity index (χ2v) is 4.75. The Hall–Kier alpha value is -1.28. The monoisotopic (exact) mass is 233 g/mol. The van der Waals surface area contributed by atoms with Crippen LogP contribution in [-0.4, -0.2) is 13.2 Å². The molecule has 0 spiro atoms. The van der Waals surface area contributed by atoms with Gasteiger partial charge in [-0.25, -0.2) is 0 Å². The van der Waals surface area contributed by atoms with E-state index in [0.29, 0.717) is 0 Å². The zero-order valence-corrected chi connectivity index (χ0v) is 11.4. The SMILES string of the molecule is CNC(C=C(C)C)c1cccc(OC(C)C)c1. The predicted octanol–water partition coefficient (Wildman–Crippen LogP) is 3.70. The van der Waals surface area contributed by atoms with E-state index in [1.807, 2.05) is 33.0 Å². The third kappa shape index (κ3) is 4.61. The van der Waals surface area contributed by atoms with Crippen molar-refractivity contribution in [3.63, 3.8) is 0 Å². The third-order valence-electron chi connectivity index (χ3n) is 2.40. The normalized spacial score (nSPS) is 12.4. The van der Waals surface area contributed by atoms with Crippen molar-refractivity contribution >= 4 is 0 Å². The smallest absolute Gasteiger partial charge is 0.120 e. The lowest BCUT2D eigenvalue weighted by Gasteiger charge is -2.16. The highest BCUT2D eigenvalue weighted by Crippen LogP contribution is 2.21. The van der Waals surface area contributed by atoms with Crippen molar-refractivity contribution in [3.05, 3.63) is 41.5 Å². The highest BCUT2D eigenvalue weighted by Gasteiger charge is 2.07. The molecule has 0 fully saturated rings. The number of ether oxygens (including phenoxy) is 1. The van der Waals surface area contributed by atoms with Crippen molar-refractivity contribution in [2.45, 2.75) is 39.8 Å². The Balaban J connectivity index is 2.92. The number of nitrogens with one attached hydrogen (secondary N) is 1. The van der Waals surface area contributed by atoms with Crippen LogP contribution in [-0.2, 0) is 0 Å². The van der Waals surface area contributed by atoms with Gasteiger partial charge in [-0.3, -0.25) is 0 Å². The standard InChI is InChI=1S/C15H23NO/c1-11(2)9-15(16-5)13-7-6-8-14(10-13)17-12(3)4/h6-10,12,15-16H,1-5H3. The van der Waals surface area contributed by atoms with Crippen molar-refractivity contribution in [2.24, 2.45) is 0 Å². The summed E-state index contributed by atoms with van der Waals surface area (Å²) in [4.78, 5) is 0. The molecule has 0 aromatic heterocycles. The summed E-state index contributed by atoms with van der Waals surface area (Å²) in [7, 11) is 1.97. The summed E-state index contributed by atoms with van der Waals surface area (Å²) in [6.45, 7) is 8.30. The molecule has 1 N–H and O–H groups in total. The van der Waals surface area contributed by atoms with Crippen LogP contribution in [0.4, 0.5) is 0 Å².